The number of hydrogen-bond acceptors (Lipinski definition) is 1. The maximum Gasteiger partial charge on any atom is 0.190 e. The van der Waals surface area contributed by atoms with E-state index >= 15 is 0 Å². The summed E-state index contributed by atoms with van der Waals surface area (Å²) in [6.07, 6.45) is 0. The van der Waals surface area contributed by atoms with E-state index in [2.05, 4.69) is 5.11 Å². The predicted octanol–water partition coefficient (Wildman–Crippen LogP) is -0.416. The van der Waals surface area contributed by atoms with Gasteiger partial charge in [0, 0.05) is 0 Å². The molecule has 0 atom stereocenters. The fraction of sp³-hybridized carbons (Fsp3) is 1.00. The monoisotopic (exact) mass is 74.1 g/mol. The summed E-state index contributed by atoms with van der Waals surface area (Å²) in [7, 11) is 3.29. The number of rotatable bonds is 0. The number of azo groups is 1. The van der Waals surface area contributed by atoms with E-state index in [4.69, 9.17) is 5.84 Å². The first-order chi connectivity index (χ1) is 2.27. The molecule has 2 N–H and O–H groups in total. The predicted molar refractivity (Wildman–Crippen MR) is 18.7 cm³/mol. The Morgan fingerprint density at radius 2 is 2.00 bits per heavy atom. The minimum atomic E-state index is 1.25. The van der Waals surface area contributed by atoms with Gasteiger partial charge in [0.15, 0.2) is 7.05 Å². The molecule has 0 aromatic heterocycles. The summed E-state index contributed by atoms with van der Waals surface area (Å²) in [5.41, 5.74) is 0. The van der Waals surface area contributed by atoms with Crippen LogP contribution in [0.4, 0.5) is 0 Å². The topological polar surface area (TPSA) is 41.4 Å². The molecule has 0 rings (SSSR count). The molecule has 0 aliphatic rings. The van der Waals surface area contributed by atoms with Crippen molar-refractivity contribution in [3.8, 4) is 0 Å². The van der Waals surface area contributed by atoms with Crippen LogP contribution in [0.15, 0.2) is 5.11 Å². The second-order valence-corrected chi connectivity index (χ2v) is 0.774. The average Bonchev–Trinajstić information content (AvgIpc) is 1.38. The molecule has 0 saturated carbocycles. The molecule has 0 radical (unpaired) electrons. The van der Waals surface area contributed by atoms with Gasteiger partial charge in [-0.1, -0.05) is 0 Å². The smallest absolute Gasteiger partial charge is 0.187 e. The summed E-state index contributed by atoms with van der Waals surface area (Å²) < 4.78 is 0. The van der Waals surface area contributed by atoms with Crippen molar-refractivity contribution in [2.75, 3.05) is 14.1 Å². The summed E-state index contributed by atoms with van der Waals surface area (Å²) in [6.45, 7) is 0. The average molecular weight is 74.1 g/mol. The molecule has 0 unspecified atom stereocenters. The van der Waals surface area contributed by atoms with E-state index in [1.165, 1.54) is 4.81 Å². The minimum Gasteiger partial charge on any atom is -0.187 e. The van der Waals surface area contributed by atoms with Crippen LogP contribution in [-0.4, -0.2) is 18.9 Å². The van der Waals surface area contributed by atoms with Crippen molar-refractivity contribution in [2.45, 2.75) is 0 Å². The largest absolute Gasteiger partial charge is 0.190 e. The highest BCUT2D eigenvalue weighted by atomic mass is 15.4. The maximum absolute atomic E-state index is 4.96. The Balaban J connectivity index is 3.14. The van der Waals surface area contributed by atoms with Crippen molar-refractivity contribution in [2.24, 2.45) is 11.0 Å². The zero-order chi connectivity index (χ0) is 4.28. The fourth-order valence-electron chi connectivity index (χ4n) is 0. The third kappa shape index (κ3) is 3.40. The van der Waals surface area contributed by atoms with Crippen molar-refractivity contribution in [1.29, 1.82) is 0 Å². The van der Waals surface area contributed by atoms with Crippen LogP contribution in [0, 0.1) is 0 Å². The first-order valence-electron chi connectivity index (χ1n) is 1.35. The van der Waals surface area contributed by atoms with Gasteiger partial charge in [-0.25, -0.2) is 0 Å². The van der Waals surface area contributed by atoms with Crippen LogP contribution in [0.2, 0.25) is 0 Å². The normalized spacial score (nSPS) is 12.0. The Hall–Kier alpha value is -0.600. The fourth-order valence-corrected chi connectivity index (χ4v) is 0. The molecule has 0 aliphatic heterocycles. The number of hydrogen-bond donors (Lipinski definition) is 1. The lowest BCUT2D eigenvalue weighted by Crippen LogP contribution is -2.09. The van der Waals surface area contributed by atoms with Crippen LogP contribution in [0.5, 0.6) is 0 Å². The van der Waals surface area contributed by atoms with Crippen molar-refractivity contribution in [3.63, 3.8) is 0 Å². The number of nitrogens with two attached hydrogens (primary N) is 1. The van der Waals surface area contributed by atoms with Crippen LogP contribution >= 0.6 is 0 Å². The van der Waals surface area contributed by atoms with E-state index in [-0.39, 0.29) is 0 Å². The zero-order valence-corrected chi connectivity index (χ0v) is 3.47. The summed E-state index contributed by atoms with van der Waals surface area (Å²) in [4.78, 5) is 1.25. The molecule has 0 heterocycles. The van der Waals surface area contributed by atoms with Gasteiger partial charge in [0.2, 0.25) is 0 Å². The standard InChI is InChI=1S/C2H8N3/c1-4-5(2)3/h1-2H3,(H2,3,4)/q+1. The molecule has 5 heavy (non-hydrogen) atoms. The van der Waals surface area contributed by atoms with Gasteiger partial charge >= 0.3 is 0 Å². The van der Waals surface area contributed by atoms with Crippen LogP contribution < -0.4 is 5.84 Å². The Bertz CT molecular complexity index is 42.9. The van der Waals surface area contributed by atoms with Crippen molar-refractivity contribution < 1.29 is 4.81 Å². The highest BCUT2D eigenvalue weighted by molar-refractivity contribution is 3.73. The first kappa shape index (κ1) is 4.40. The van der Waals surface area contributed by atoms with Crippen molar-refractivity contribution in [1.82, 2.24) is 0 Å². The number of nitrogens with zero attached hydrogens (tertiary/aromatic N) is 2. The van der Waals surface area contributed by atoms with Gasteiger partial charge in [0.05, 0.1) is 7.05 Å². The molecule has 0 saturated heterocycles. The highest BCUT2D eigenvalue weighted by Crippen LogP contribution is 1.44. The molecular formula is C2H8N3+. The quantitative estimate of drug-likeness (QED) is 0.180. The molecule has 0 spiro atoms. The molecule has 0 fully saturated rings. The summed E-state index contributed by atoms with van der Waals surface area (Å²) >= 11 is 0. The lowest BCUT2D eigenvalue weighted by atomic mass is 11.4. The third-order valence-electron chi connectivity index (χ3n) is 0.315. The summed E-state index contributed by atoms with van der Waals surface area (Å²) in [5.74, 6) is 4.96. The third-order valence-corrected chi connectivity index (χ3v) is 0.315. The van der Waals surface area contributed by atoms with E-state index in [9.17, 15) is 0 Å². The second kappa shape index (κ2) is 1.69. The first-order valence-corrected chi connectivity index (χ1v) is 1.35. The van der Waals surface area contributed by atoms with E-state index < -0.39 is 0 Å². The lowest BCUT2D eigenvalue weighted by molar-refractivity contribution is -0.577. The molecular weight excluding hydrogens is 66.0 g/mol. The second-order valence-electron chi connectivity index (χ2n) is 0.774. The van der Waals surface area contributed by atoms with Crippen LogP contribution in [0.3, 0.4) is 0 Å². The molecule has 0 amide bonds. The molecule has 30 valence electrons. The summed E-state index contributed by atoms with van der Waals surface area (Å²) in [6, 6.07) is 0. The lowest BCUT2D eigenvalue weighted by Gasteiger charge is -1.68. The molecule has 3 heteroatoms. The van der Waals surface area contributed by atoms with E-state index in [0.29, 0.717) is 0 Å². The highest BCUT2D eigenvalue weighted by Gasteiger charge is 1.67. The van der Waals surface area contributed by atoms with Crippen LogP contribution in [-0.2, 0) is 0 Å². The SMILES string of the molecule is CN=[N+](C)N. The van der Waals surface area contributed by atoms with Gasteiger partial charge in [-0.15, -0.1) is 0 Å². The van der Waals surface area contributed by atoms with Gasteiger partial charge in [0.1, 0.15) is 0 Å². The Morgan fingerprint density at radius 1 is 1.80 bits per heavy atom. The molecule has 0 aromatic carbocycles. The van der Waals surface area contributed by atoms with E-state index in [1.54, 1.807) is 14.1 Å². The number of hydrazine groups is 1. The van der Waals surface area contributed by atoms with Crippen LogP contribution in [0.25, 0.3) is 0 Å². The molecule has 0 aliphatic carbocycles. The van der Waals surface area contributed by atoms with Crippen molar-refractivity contribution >= 4 is 0 Å². The molecule has 3 nitrogen and oxygen atoms in total. The van der Waals surface area contributed by atoms with Crippen LogP contribution in [0.1, 0.15) is 0 Å². The van der Waals surface area contributed by atoms with Gasteiger partial charge in [0.25, 0.3) is 0 Å². The maximum atomic E-state index is 4.96. The minimum absolute atomic E-state index is 1.25. The van der Waals surface area contributed by atoms with Gasteiger partial charge in [-0.3, -0.25) is 0 Å². The Morgan fingerprint density at radius 3 is 2.00 bits per heavy atom. The van der Waals surface area contributed by atoms with Crippen molar-refractivity contribution in [3.05, 3.63) is 0 Å². The van der Waals surface area contributed by atoms with E-state index in [0.717, 1.165) is 0 Å². The molecule has 0 bridgehead atoms. The van der Waals surface area contributed by atoms with E-state index in [1.807, 2.05) is 0 Å². The van der Waals surface area contributed by atoms with Gasteiger partial charge in [-0.05, 0) is 9.92 Å². The Labute approximate surface area is 31.1 Å². The van der Waals surface area contributed by atoms with Gasteiger partial charge in [-0.2, -0.15) is 5.84 Å². The molecule has 0 aromatic rings. The summed E-state index contributed by atoms with van der Waals surface area (Å²) in [5, 5.41) is 3.50. The zero-order valence-electron chi connectivity index (χ0n) is 3.47. The Kier molecular flexibility index (Phi) is 1.49. The van der Waals surface area contributed by atoms with Gasteiger partial charge < -0.3 is 0 Å².